The number of para-hydroxylation sites is 1. The lowest BCUT2D eigenvalue weighted by Crippen LogP contribution is -2.36. The Morgan fingerprint density at radius 3 is 2.42 bits per heavy atom. The van der Waals surface area contributed by atoms with Gasteiger partial charge in [0.2, 0.25) is 10.0 Å². The molecule has 1 aliphatic heterocycles. The van der Waals surface area contributed by atoms with E-state index in [9.17, 15) is 8.42 Å². The molecule has 1 fully saturated rings. The second-order valence-corrected chi connectivity index (χ2v) is 9.28. The Morgan fingerprint density at radius 2 is 1.74 bits per heavy atom. The molecule has 0 bridgehead atoms. The monoisotopic (exact) mass is 444 g/mol. The highest BCUT2D eigenvalue weighted by atomic mass is 32.2. The van der Waals surface area contributed by atoms with Gasteiger partial charge in [-0.25, -0.2) is 13.4 Å². The van der Waals surface area contributed by atoms with Crippen LogP contribution in [0.1, 0.15) is 37.8 Å². The van der Waals surface area contributed by atoms with Crippen LogP contribution < -0.4 is 15.4 Å². The van der Waals surface area contributed by atoms with Crippen LogP contribution in [0.2, 0.25) is 0 Å². The third-order valence-electron chi connectivity index (χ3n) is 5.11. The van der Waals surface area contributed by atoms with Crippen LogP contribution in [-0.2, 0) is 23.1 Å². The van der Waals surface area contributed by atoms with Gasteiger partial charge in [0.1, 0.15) is 5.75 Å². The van der Waals surface area contributed by atoms with Gasteiger partial charge in [-0.1, -0.05) is 30.3 Å². The summed E-state index contributed by atoms with van der Waals surface area (Å²) in [7, 11) is -3.38. The predicted molar refractivity (Wildman–Crippen MR) is 124 cm³/mol. The van der Waals surface area contributed by atoms with Crippen molar-refractivity contribution in [1.29, 1.82) is 0 Å². The summed E-state index contributed by atoms with van der Waals surface area (Å²) < 4.78 is 32.6. The maximum atomic E-state index is 12.7. The van der Waals surface area contributed by atoms with Crippen molar-refractivity contribution in [2.75, 3.05) is 26.2 Å². The van der Waals surface area contributed by atoms with Crippen LogP contribution >= 0.6 is 0 Å². The number of rotatable bonds is 9. The molecule has 168 valence electrons. The van der Waals surface area contributed by atoms with Gasteiger partial charge >= 0.3 is 0 Å². The Kier molecular flexibility index (Phi) is 8.31. The van der Waals surface area contributed by atoms with Crippen molar-refractivity contribution in [1.82, 2.24) is 14.9 Å². The Bertz CT molecular complexity index is 969. The van der Waals surface area contributed by atoms with Crippen molar-refractivity contribution in [3.8, 4) is 5.75 Å². The highest BCUT2D eigenvalue weighted by Gasteiger charge is 2.26. The number of nitrogens with zero attached hydrogens (tertiary/aromatic N) is 2. The van der Waals surface area contributed by atoms with E-state index in [4.69, 9.17) is 4.74 Å². The summed E-state index contributed by atoms with van der Waals surface area (Å²) in [5.41, 5.74) is 2.01. The van der Waals surface area contributed by atoms with Gasteiger partial charge in [0.05, 0.1) is 18.0 Å². The molecule has 8 heteroatoms. The van der Waals surface area contributed by atoms with Gasteiger partial charge in [-0.2, -0.15) is 4.31 Å². The van der Waals surface area contributed by atoms with Gasteiger partial charge in [-0.3, -0.25) is 0 Å². The number of sulfonamides is 1. The number of hydrogen-bond donors (Lipinski definition) is 2. The molecule has 0 spiro atoms. The number of aliphatic imine (C=N–C) groups is 1. The molecule has 31 heavy (non-hydrogen) atoms. The van der Waals surface area contributed by atoms with Crippen molar-refractivity contribution in [3.05, 3.63) is 59.7 Å². The summed E-state index contributed by atoms with van der Waals surface area (Å²) in [6.45, 7) is 7.61. The minimum Gasteiger partial charge on any atom is -0.494 e. The summed E-state index contributed by atoms with van der Waals surface area (Å²) in [4.78, 5) is 4.98. The Labute approximate surface area is 185 Å². The minimum absolute atomic E-state index is 0.347. The van der Waals surface area contributed by atoms with Gasteiger partial charge in [0.25, 0.3) is 0 Å². The van der Waals surface area contributed by atoms with Crippen molar-refractivity contribution < 1.29 is 13.2 Å². The molecule has 0 radical (unpaired) electrons. The first-order valence-electron chi connectivity index (χ1n) is 10.9. The lowest BCUT2D eigenvalue weighted by atomic mass is 10.2. The van der Waals surface area contributed by atoms with Gasteiger partial charge < -0.3 is 15.4 Å². The van der Waals surface area contributed by atoms with Crippen LogP contribution in [0.15, 0.2) is 58.4 Å². The zero-order valence-electron chi connectivity index (χ0n) is 18.3. The van der Waals surface area contributed by atoms with Crippen molar-refractivity contribution in [3.63, 3.8) is 0 Å². The Hall–Kier alpha value is -2.58. The highest BCUT2D eigenvalue weighted by molar-refractivity contribution is 7.89. The molecule has 0 atom stereocenters. The predicted octanol–water partition coefficient (Wildman–Crippen LogP) is 3.13. The fraction of sp³-hybridized carbons (Fsp3) is 0.435. The highest BCUT2D eigenvalue weighted by Crippen LogP contribution is 2.21. The molecular formula is C23H32N4O3S. The van der Waals surface area contributed by atoms with Crippen LogP contribution in [0, 0.1) is 0 Å². The fourth-order valence-electron chi connectivity index (χ4n) is 3.48. The minimum atomic E-state index is -3.38. The third kappa shape index (κ3) is 6.21. The second-order valence-electron chi connectivity index (χ2n) is 7.34. The number of ether oxygens (including phenoxy) is 1. The molecular weight excluding hydrogens is 412 g/mol. The molecule has 0 amide bonds. The fourth-order valence-corrected chi connectivity index (χ4v) is 5.00. The first-order valence-corrected chi connectivity index (χ1v) is 12.3. The van der Waals surface area contributed by atoms with E-state index < -0.39 is 10.0 Å². The molecule has 1 aliphatic rings. The quantitative estimate of drug-likeness (QED) is 0.459. The number of guanidine groups is 1. The molecule has 0 saturated carbocycles. The van der Waals surface area contributed by atoms with Crippen LogP contribution in [0.5, 0.6) is 5.75 Å². The summed E-state index contributed by atoms with van der Waals surface area (Å²) in [6.07, 6.45) is 1.86. The maximum absolute atomic E-state index is 12.7. The molecule has 0 unspecified atom stereocenters. The topological polar surface area (TPSA) is 83.0 Å². The summed E-state index contributed by atoms with van der Waals surface area (Å²) in [5.74, 6) is 1.56. The molecule has 2 N–H and O–H groups in total. The van der Waals surface area contributed by atoms with Crippen molar-refractivity contribution in [2.24, 2.45) is 4.99 Å². The van der Waals surface area contributed by atoms with E-state index in [0.717, 1.165) is 36.3 Å². The van der Waals surface area contributed by atoms with Crippen LogP contribution in [0.3, 0.4) is 0 Å². The van der Waals surface area contributed by atoms with Crippen LogP contribution in [0.4, 0.5) is 0 Å². The number of nitrogens with one attached hydrogen (secondary N) is 2. The van der Waals surface area contributed by atoms with Gasteiger partial charge in [0, 0.05) is 31.7 Å². The SMILES string of the molecule is CCNC(=NCc1ccc(S(=O)(=O)N2CCCC2)cc1)NCc1ccccc1OCC. The zero-order valence-corrected chi connectivity index (χ0v) is 19.1. The average molecular weight is 445 g/mol. The van der Waals surface area contributed by atoms with E-state index >= 15 is 0 Å². The largest absolute Gasteiger partial charge is 0.494 e. The standard InChI is InChI=1S/C23H32N4O3S/c1-3-24-23(26-18-20-9-5-6-10-22(20)30-4-2)25-17-19-11-13-21(14-12-19)31(28,29)27-15-7-8-16-27/h5-6,9-14H,3-4,7-8,15-18H2,1-2H3,(H2,24,25,26). The Balaban J connectivity index is 1.64. The summed E-state index contributed by atoms with van der Waals surface area (Å²) in [6, 6.07) is 15.0. The maximum Gasteiger partial charge on any atom is 0.243 e. The van der Waals surface area contributed by atoms with Crippen molar-refractivity contribution in [2.45, 2.75) is 44.7 Å². The molecule has 2 aromatic carbocycles. The molecule has 1 heterocycles. The molecule has 1 saturated heterocycles. The molecule has 3 rings (SSSR count). The number of benzene rings is 2. The van der Waals surface area contributed by atoms with E-state index in [-0.39, 0.29) is 0 Å². The lowest BCUT2D eigenvalue weighted by Gasteiger charge is -2.15. The zero-order chi connectivity index (χ0) is 22.1. The van der Waals surface area contributed by atoms with Crippen LogP contribution in [0.25, 0.3) is 0 Å². The molecule has 2 aromatic rings. The third-order valence-corrected chi connectivity index (χ3v) is 7.02. The first kappa shape index (κ1) is 23.1. The van der Waals surface area contributed by atoms with Crippen LogP contribution in [-0.4, -0.2) is 44.9 Å². The van der Waals surface area contributed by atoms with E-state index in [0.29, 0.717) is 43.6 Å². The normalized spacial score (nSPS) is 15.1. The number of hydrogen-bond acceptors (Lipinski definition) is 4. The van der Waals surface area contributed by atoms with E-state index in [1.54, 1.807) is 16.4 Å². The summed E-state index contributed by atoms with van der Waals surface area (Å²) >= 11 is 0. The smallest absolute Gasteiger partial charge is 0.243 e. The van der Waals surface area contributed by atoms with Gasteiger partial charge in [-0.05, 0) is 50.5 Å². The average Bonchev–Trinajstić information content (AvgIpc) is 3.33. The molecule has 0 aliphatic carbocycles. The van der Waals surface area contributed by atoms with E-state index in [1.165, 1.54) is 0 Å². The molecule has 0 aromatic heterocycles. The van der Waals surface area contributed by atoms with Gasteiger partial charge in [0.15, 0.2) is 5.96 Å². The van der Waals surface area contributed by atoms with Crippen molar-refractivity contribution >= 4 is 16.0 Å². The first-order chi connectivity index (χ1) is 15.0. The van der Waals surface area contributed by atoms with E-state index in [1.807, 2.05) is 50.2 Å². The van der Waals surface area contributed by atoms with E-state index in [2.05, 4.69) is 15.6 Å². The summed E-state index contributed by atoms with van der Waals surface area (Å²) in [5, 5.41) is 6.58. The molecule has 7 nitrogen and oxygen atoms in total. The van der Waals surface area contributed by atoms with Gasteiger partial charge in [-0.15, -0.1) is 0 Å². The lowest BCUT2D eigenvalue weighted by molar-refractivity contribution is 0.336. The second kappa shape index (κ2) is 11.2. The Morgan fingerprint density at radius 1 is 1.03 bits per heavy atom.